The van der Waals surface area contributed by atoms with E-state index in [-0.39, 0.29) is 0 Å². The van der Waals surface area contributed by atoms with Gasteiger partial charge in [0, 0.05) is 27.3 Å². The quantitative estimate of drug-likeness (QED) is 0.761. The van der Waals surface area contributed by atoms with Crippen molar-refractivity contribution in [3.8, 4) is 0 Å². The number of benzene rings is 1. The number of nitrogens with one attached hydrogen (secondary N) is 1. The van der Waals surface area contributed by atoms with Crippen LogP contribution in [0.15, 0.2) is 40.2 Å². The van der Waals surface area contributed by atoms with E-state index in [0.717, 1.165) is 6.54 Å². The van der Waals surface area contributed by atoms with E-state index >= 15 is 0 Å². The number of hydrogen-bond donors (Lipinski definition) is 1. The molecule has 1 N–H and O–H groups in total. The zero-order valence-electron chi connectivity index (χ0n) is 11.6. The van der Waals surface area contributed by atoms with E-state index in [9.17, 15) is 0 Å². The van der Waals surface area contributed by atoms with Crippen LogP contribution in [0.25, 0.3) is 0 Å². The van der Waals surface area contributed by atoms with Crippen LogP contribution in [-0.2, 0) is 6.54 Å². The van der Waals surface area contributed by atoms with Crippen LogP contribution in [0.5, 0.6) is 0 Å². The minimum Gasteiger partial charge on any atom is -0.305 e. The van der Waals surface area contributed by atoms with Crippen molar-refractivity contribution in [3.05, 3.63) is 56.2 Å². The predicted molar refractivity (Wildman–Crippen MR) is 87.8 cm³/mol. The molecule has 0 aliphatic heterocycles. The zero-order chi connectivity index (χ0) is 13.8. The second-order valence-corrected chi connectivity index (χ2v) is 7.07. The first-order valence-corrected chi connectivity index (χ1v) is 8.29. The highest BCUT2D eigenvalue weighted by molar-refractivity contribution is 9.10. The van der Waals surface area contributed by atoms with Gasteiger partial charge in [0.15, 0.2) is 0 Å². The van der Waals surface area contributed by atoms with Gasteiger partial charge in [0.05, 0.1) is 0 Å². The lowest BCUT2D eigenvalue weighted by Crippen LogP contribution is -2.17. The largest absolute Gasteiger partial charge is 0.305 e. The van der Waals surface area contributed by atoms with Crippen molar-refractivity contribution in [2.75, 3.05) is 0 Å². The fourth-order valence-corrected chi connectivity index (χ4v) is 3.39. The Hall–Kier alpha value is -0.640. The summed E-state index contributed by atoms with van der Waals surface area (Å²) in [5.74, 6) is 0.598. The lowest BCUT2D eigenvalue weighted by atomic mass is 9.99. The van der Waals surface area contributed by atoms with E-state index < -0.39 is 0 Å². The van der Waals surface area contributed by atoms with Gasteiger partial charge in [-0.25, -0.2) is 0 Å². The molecule has 2 aromatic rings. The third-order valence-corrected chi connectivity index (χ3v) is 5.00. The molecular weight excluding hydrogens is 318 g/mol. The molecule has 0 amide bonds. The molecule has 0 fully saturated rings. The average molecular weight is 338 g/mol. The first-order valence-electron chi connectivity index (χ1n) is 6.62. The maximum absolute atomic E-state index is 3.57. The van der Waals surface area contributed by atoms with E-state index in [1.807, 2.05) is 0 Å². The van der Waals surface area contributed by atoms with Gasteiger partial charge in [-0.3, -0.25) is 0 Å². The predicted octanol–water partition coefficient (Wildman–Crippen LogP) is 5.48. The van der Waals surface area contributed by atoms with E-state index in [1.54, 1.807) is 11.3 Å². The van der Waals surface area contributed by atoms with Gasteiger partial charge in [-0.15, -0.1) is 11.3 Å². The normalized spacial score (nSPS) is 12.9. The van der Waals surface area contributed by atoms with Crippen molar-refractivity contribution in [2.24, 2.45) is 0 Å². The van der Waals surface area contributed by atoms with Crippen molar-refractivity contribution < 1.29 is 0 Å². The topological polar surface area (TPSA) is 12.0 Å². The Kier molecular flexibility index (Phi) is 5.20. The minimum absolute atomic E-state index is 0.377. The van der Waals surface area contributed by atoms with E-state index in [1.165, 1.54) is 20.5 Å². The molecule has 0 bridgehead atoms. The van der Waals surface area contributed by atoms with Crippen LogP contribution in [0, 0.1) is 0 Å². The Balaban J connectivity index is 1.94. The van der Waals surface area contributed by atoms with Crippen LogP contribution in [-0.4, -0.2) is 0 Å². The average Bonchev–Trinajstić information content (AvgIpc) is 2.82. The third kappa shape index (κ3) is 4.16. The molecule has 1 atom stereocenters. The highest BCUT2D eigenvalue weighted by Gasteiger charge is 2.06. The number of thiophene rings is 1. The van der Waals surface area contributed by atoms with Crippen molar-refractivity contribution in [1.29, 1.82) is 0 Å². The van der Waals surface area contributed by atoms with Crippen molar-refractivity contribution in [1.82, 2.24) is 5.32 Å². The molecule has 1 unspecified atom stereocenters. The van der Waals surface area contributed by atoms with Gasteiger partial charge in [-0.05, 0) is 46.0 Å². The molecule has 1 aromatic heterocycles. The molecule has 0 radical (unpaired) electrons. The summed E-state index contributed by atoms with van der Waals surface area (Å²) in [6.07, 6.45) is 0. The van der Waals surface area contributed by atoms with Crippen LogP contribution in [0.2, 0.25) is 0 Å². The van der Waals surface area contributed by atoms with Crippen molar-refractivity contribution in [3.63, 3.8) is 0 Å². The minimum atomic E-state index is 0.377. The maximum Gasteiger partial charge on any atom is 0.0305 e. The van der Waals surface area contributed by atoms with Gasteiger partial charge < -0.3 is 5.32 Å². The fourth-order valence-electron chi connectivity index (χ4n) is 1.99. The lowest BCUT2D eigenvalue weighted by molar-refractivity contribution is 0.578. The molecule has 0 aliphatic carbocycles. The summed E-state index contributed by atoms with van der Waals surface area (Å²) in [5.41, 5.74) is 2.75. The molecule has 0 saturated carbocycles. The molecule has 3 heteroatoms. The van der Waals surface area contributed by atoms with Crippen LogP contribution in [0.4, 0.5) is 0 Å². The molecule has 2 rings (SSSR count). The summed E-state index contributed by atoms with van der Waals surface area (Å²) in [4.78, 5) is 1.36. The molecule has 1 heterocycles. The summed E-state index contributed by atoms with van der Waals surface area (Å²) < 4.78 is 1.17. The number of hydrogen-bond acceptors (Lipinski definition) is 2. The number of halogens is 1. The first-order chi connectivity index (χ1) is 9.06. The van der Waals surface area contributed by atoms with Gasteiger partial charge >= 0.3 is 0 Å². The SMILES string of the molecule is CC(C)c1ccc(C(C)NCc2cc(Br)cs2)cc1. The van der Waals surface area contributed by atoms with Crippen molar-refractivity contribution >= 4 is 27.3 Å². The summed E-state index contributed by atoms with van der Waals surface area (Å²) in [7, 11) is 0. The first kappa shape index (κ1) is 14.8. The van der Waals surface area contributed by atoms with Gasteiger partial charge in [-0.2, -0.15) is 0 Å². The summed E-state index contributed by atoms with van der Waals surface area (Å²) in [6, 6.07) is 11.5. The molecule has 0 aliphatic rings. The van der Waals surface area contributed by atoms with Crippen LogP contribution < -0.4 is 5.32 Å². The Labute approximate surface area is 128 Å². The number of rotatable bonds is 5. The Bertz CT molecular complexity index is 516. The molecular formula is C16H20BrNS. The van der Waals surface area contributed by atoms with E-state index in [0.29, 0.717) is 12.0 Å². The highest BCUT2D eigenvalue weighted by Crippen LogP contribution is 2.22. The Morgan fingerprint density at radius 1 is 1.11 bits per heavy atom. The molecule has 102 valence electrons. The third-order valence-electron chi connectivity index (χ3n) is 3.31. The standard InChI is InChI=1S/C16H20BrNS/c1-11(2)13-4-6-14(7-5-13)12(3)18-9-16-8-15(17)10-19-16/h4-8,10-12,18H,9H2,1-3H3. The second kappa shape index (κ2) is 6.69. The monoisotopic (exact) mass is 337 g/mol. The highest BCUT2D eigenvalue weighted by atomic mass is 79.9. The van der Waals surface area contributed by atoms with Crippen LogP contribution in [0.3, 0.4) is 0 Å². The summed E-state index contributed by atoms with van der Waals surface area (Å²) in [5, 5.41) is 5.69. The van der Waals surface area contributed by atoms with Crippen LogP contribution in [0.1, 0.15) is 48.7 Å². The molecule has 1 aromatic carbocycles. The smallest absolute Gasteiger partial charge is 0.0305 e. The van der Waals surface area contributed by atoms with Gasteiger partial charge in [0.1, 0.15) is 0 Å². The van der Waals surface area contributed by atoms with E-state index in [4.69, 9.17) is 0 Å². The molecule has 0 spiro atoms. The van der Waals surface area contributed by atoms with Crippen molar-refractivity contribution in [2.45, 2.75) is 39.3 Å². The zero-order valence-corrected chi connectivity index (χ0v) is 14.0. The van der Waals surface area contributed by atoms with Crippen LogP contribution >= 0.6 is 27.3 Å². The summed E-state index contributed by atoms with van der Waals surface area (Å²) in [6.45, 7) is 7.59. The van der Waals surface area contributed by atoms with E-state index in [2.05, 4.69) is 77.7 Å². The van der Waals surface area contributed by atoms with Gasteiger partial charge in [0.2, 0.25) is 0 Å². The fraction of sp³-hybridized carbons (Fsp3) is 0.375. The Morgan fingerprint density at radius 2 is 1.74 bits per heavy atom. The van der Waals surface area contributed by atoms with Gasteiger partial charge in [-0.1, -0.05) is 38.1 Å². The molecule has 19 heavy (non-hydrogen) atoms. The molecule has 0 saturated heterocycles. The van der Waals surface area contributed by atoms with Gasteiger partial charge in [0.25, 0.3) is 0 Å². The molecule has 1 nitrogen and oxygen atoms in total. The lowest BCUT2D eigenvalue weighted by Gasteiger charge is -2.15. The summed E-state index contributed by atoms with van der Waals surface area (Å²) >= 11 is 5.27. The second-order valence-electron chi connectivity index (χ2n) is 5.16. The Morgan fingerprint density at radius 3 is 2.26 bits per heavy atom. The maximum atomic E-state index is 3.57.